The summed E-state index contributed by atoms with van der Waals surface area (Å²) in [7, 11) is 0. The van der Waals surface area contributed by atoms with Crippen molar-refractivity contribution < 1.29 is 23.1 Å². The number of benzene rings is 2. The minimum atomic E-state index is -4.38. The Morgan fingerprint density at radius 3 is 2.45 bits per heavy atom. The number of aryl methyl sites for hydroxylation is 1. The molecule has 0 amide bonds. The predicted molar refractivity (Wildman–Crippen MR) is 116 cm³/mol. The lowest BCUT2D eigenvalue weighted by molar-refractivity contribution is -0.138. The summed E-state index contributed by atoms with van der Waals surface area (Å²) in [6.45, 7) is 3.76. The number of aliphatic hydroxyl groups is 1. The van der Waals surface area contributed by atoms with Gasteiger partial charge in [-0.3, -0.25) is 0 Å². The fraction of sp³-hybridized carbons (Fsp3) is 0.480. The van der Waals surface area contributed by atoms with E-state index in [0.717, 1.165) is 55.2 Å². The molecule has 0 atom stereocenters. The van der Waals surface area contributed by atoms with Gasteiger partial charge in [-0.1, -0.05) is 55.6 Å². The van der Waals surface area contributed by atoms with Crippen molar-refractivity contribution in [3.05, 3.63) is 69.8 Å². The van der Waals surface area contributed by atoms with E-state index in [1.807, 2.05) is 25.1 Å². The van der Waals surface area contributed by atoms with Crippen LogP contribution in [0.25, 0.3) is 0 Å². The highest BCUT2D eigenvalue weighted by Gasteiger charge is 2.35. The molecule has 0 aromatic heterocycles. The zero-order valence-electron chi connectivity index (χ0n) is 18.1. The van der Waals surface area contributed by atoms with Crippen LogP contribution in [0.15, 0.2) is 41.6 Å². The van der Waals surface area contributed by atoms with Gasteiger partial charge in [-0.05, 0) is 72.1 Å². The summed E-state index contributed by atoms with van der Waals surface area (Å²) in [4.78, 5) is 5.39. The van der Waals surface area contributed by atoms with Crippen LogP contribution in [0.5, 0.6) is 0 Å². The lowest BCUT2D eigenvalue weighted by Crippen LogP contribution is -2.15. The highest BCUT2D eigenvalue weighted by Crippen LogP contribution is 2.41. The van der Waals surface area contributed by atoms with Gasteiger partial charge in [0.25, 0.3) is 0 Å². The van der Waals surface area contributed by atoms with Crippen LogP contribution >= 0.6 is 0 Å². The molecule has 0 heterocycles. The van der Waals surface area contributed by atoms with Crippen molar-refractivity contribution in [2.45, 2.75) is 77.7 Å². The fourth-order valence-corrected chi connectivity index (χ4v) is 4.30. The molecule has 1 aliphatic rings. The van der Waals surface area contributed by atoms with E-state index in [-0.39, 0.29) is 19.1 Å². The highest BCUT2D eigenvalue weighted by atomic mass is 19.4. The van der Waals surface area contributed by atoms with Crippen LogP contribution in [0, 0.1) is 0 Å². The van der Waals surface area contributed by atoms with Gasteiger partial charge in [0.1, 0.15) is 6.61 Å². The van der Waals surface area contributed by atoms with E-state index >= 15 is 0 Å². The molecule has 6 heteroatoms. The number of nitrogens with zero attached hydrogens (tertiary/aromatic N) is 1. The first-order valence-electron chi connectivity index (χ1n) is 10.9. The maximum Gasteiger partial charge on any atom is 0.416 e. The summed E-state index contributed by atoms with van der Waals surface area (Å²) >= 11 is 0. The molecule has 0 aliphatic heterocycles. The van der Waals surface area contributed by atoms with E-state index in [2.05, 4.69) is 5.16 Å². The SMILES string of the molecule is CCc1cc(/C(C)=N/OCc2ccc(C3CCCCC3)c(C(F)(F)F)c2)ccc1CO. The minimum absolute atomic E-state index is 0.0183. The van der Waals surface area contributed by atoms with Crippen LogP contribution in [-0.4, -0.2) is 10.8 Å². The Balaban J connectivity index is 1.74. The Labute approximate surface area is 181 Å². The van der Waals surface area contributed by atoms with Crippen molar-refractivity contribution >= 4 is 5.71 Å². The summed E-state index contributed by atoms with van der Waals surface area (Å²) in [5, 5.41) is 13.5. The number of halogens is 3. The third kappa shape index (κ3) is 5.88. The molecule has 0 unspecified atom stereocenters. The second-order valence-electron chi connectivity index (χ2n) is 8.20. The lowest BCUT2D eigenvalue weighted by atomic mass is 9.81. The topological polar surface area (TPSA) is 41.8 Å². The van der Waals surface area contributed by atoms with E-state index < -0.39 is 11.7 Å². The van der Waals surface area contributed by atoms with Crippen molar-refractivity contribution in [2.75, 3.05) is 0 Å². The molecule has 2 aromatic carbocycles. The molecule has 1 saturated carbocycles. The quantitative estimate of drug-likeness (QED) is 0.388. The van der Waals surface area contributed by atoms with Gasteiger partial charge in [-0.25, -0.2) is 0 Å². The number of rotatable bonds is 7. The second kappa shape index (κ2) is 10.3. The Bertz CT molecular complexity index is 915. The van der Waals surface area contributed by atoms with Gasteiger partial charge >= 0.3 is 6.18 Å². The van der Waals surface area contributed by atoms with Crippen molar-refractivity contribution in [1.29, 1.82) is 0 Å². The minimum Gasteiger partial charge on any atom is -0.392 e. The Morgan fingerprint density at radius 2 is 1.81 bits per heavy atom. The molecule has 0 radical (unpaired) electrons. The summed E-state index contributed by atoms with van der Waals surface area (Å²) in [5.74, 6) is -0.0183. The molecule has 3 rings (SSSR count). The number of hydrogen-bond acceptors (Lipinski definition) is 3. The van der Waals surface area contributed by atoms with Crippen LogP contribution < -0.4 is 0 Å². The van der Waals surface area contributed by atoms with Crippen molar-refractivity contribution in [2.24, 2.45) is 5.16 Å². The smallest absolute Gasteiger partial charge is 0.392 e. The largest absolute Gasteiger partial charge is 0.416 e. The van der Waals surface area contributed by atoms with E-state index in [0.29, 0.717) is 16.8 Å². The molecule has 1 N–H and O–H groups in total. The molecule has 168 valence electrons. The van der Waals surface area contributed by atoms with Crippen molar-refractivity contribution in [3.8, 4) is 0 Å². The van der Waals surface area contributed by atoms with Crippen LogP contribution in [0.1, 0.15) is 85.3 Å². The molecule has 1 fully saturated rings. The van der Waals surface area contributed by atoms with E-state index in [4.69, 9.17) is 4.84 Å². The molecule has 31 heavy (non-hydrogen) atoms. The average Bonchev–Trinajstić information content (AvgIpc) is 2.78. The number of aliphatic hydroxyl groups excluding tert-OH is 1. The van der Waals surface area contributed by atoms with Gasteiger partial charge in [0.2, 0.25) is 0 Å². The Morgan fingerprint density at radius 1 is 1.06 bits per heavy atom. The third-order valence-electron chi connectivity index (χ3n) is 6.08. The highest BCUT2D eigenvalue weighted by molar-refractivity contribution is 5.98. The van der Waals surface area contributed by atoms with Crippen molar-refractivity contribution in [3.63, 3.8) is 0 Å². The average molecular weight is 434 g/mol. The first-order chi connectivity index (χ1) is 14.8. The Kier molecular flexibility index (Phi) is 7.76. The number of alkyl halides is 3. The zero-order valence-corrected chi connectivity index (χ0v) is 18.1. The van der Waals surface area contributed by atoms with Crippen molar-refractivity contribution in [1.82, 2.24) is 0 Å². The van der Waals surface area contributed by atoms with Crippen LogP contribution in [0.2, 0.25) is 0 Å². The summed E-state index contributed by atoms with van der Waals surface area (Å²) in [6.07, 6.45) is 1.11. The Hall–Kier alpha value is -2.34. The molecule has 0 saturated heterocycles. The third-order valence-corrected chi connectivity index (χ3v) is 6.08. The van der Waals surface area contributed by atoms with Gasteiger partial charge < -0.3 is 9.94 Å². The molecule has 0 bridgehead atoms. The maximum absolute atomic E-state index is 13.7. The molecule has 3 nitrogen and oxygen atoms in total. The number of hydrogen-bond donors (Lipinski definition) is 1. The van der Waals surface area contributed by atoms with Gasteiger partial charge in [0.15, 0.2) is 0 Å². The summed E-state index contributed by atoms with van der Waals surface area (Å²) in [6, 6.07) is 10.2. The van der Waals surface area contributed by atoms with Gasteiger partial charge in [0, 0.05) is 0 Å². The molecular weight excluding hydrogens is 403 g/mol. The first-order valence-corrected chi connectivity index (χ1v) is 10.9. The van der Waals surface area contributed by atoms with E-state index in [1.54, 1.807) is 19.1 Å². The predicted octanol–water partition coefficient (Wildman–Crippen LogP) is 6.75. The molecule has 0 spiro atoms. The number of oxime groups is 1. The molecule has 2 aromatic rings. The summed E-state index contributed by atoms with van der Waals surface area (Å²) < 4.78 is 41.1. The summed E-state index contributed by atoms with van der Waals surface area (Å²) in [5.41, 5.74) is 3.71. The van der Waals surface area contributed by atoms with Crippen LogP contribution in [-0.2, 0) is 30.6 Å². The lowest BCUT2D eigenvalue weighted by Gasteiger charge is -2.25. The second-order valence-corrected chi connectivity index (χ2v) is 8.20. The standard InChI is InChI=1S/C25H30F3NO2/c1-3-19-14-21(10-11-22(19)15-30)17(2)29-31-16-18-9-12-23(20-7-5-4-6-8-20)24(13-18)25(26,27)28/h9-14,20,30H,3-8,15-16H2,1-2H3/b29-17+. The van der Waals surface area contributed by atoms with Crippen LogP contribution in [0.4, 0.5) is 13.2 Å². The van der Waals surface area contributed by atoms with E-state index in [9.17, 15) is 18.3 Å². The zero-order chi connectivity index (χ0) is 22.4. The van der Waals surface area contributed by atoms with Gasteiger partial charge in [-0.2, -0.15) is 13.2 Å². The first kappa shape index (κ1) is 23.3. The fourth-order valence-electron chi connectivity index (χ4n) is 4.30. The van der Waals surface area contributed by atoms with Crippen LogP contribution in [0.3, 0.4) is 0 Å². The van der Waals surface area contributed by atoms with E-state index in [1.165, 1.54) is 6.07 Å². The normalized spacial score (nSPS) is 15.9. The van der Waals surface area contributed by atoms with Gasteiger partial charge in [-0.15, -0.1) is 0 Å². The monoisotopic (exact) mass is 433 g/mol. The maximum atomic E-state index is 13.7. The molecule has 1 aliphatic carbocycles. The molecular formula is C25H30F3NO2. The van der Waals surface area contributed by atoms with Gasteiger partial charge in [0.05, 0.1) is 17.9 Å².